The molecule has 22 heavy (non-hydrogen) atoms. The van der Waals surface area contributed by atoms with Crippen LogP contribution in [0.5, 0.6) is 0 Å². The maximum atomic E-state index is 12.7. The number of carbonyl (C=O) groups excluding carboxylic acids is 1. The summed E-state index contributed by atoms with van der Waals surface area (Å²) in [6.45, 7) is 2.14. The third-order valence-corrected chi connectivity index (χ3v) is 3.70. The van der Waals surface area contributed by atoms with Gasteiger partial charge in [0.2, 0.25) is 0 Å². The molecule has 1 aliphatic rings. The van der Waals surface area contributed by atoms with Gasteiger partial charge < -0.3 is 14.7 Å². The molecule has 114 valence electrons. The molecule has 1 aromatic heterocycles. The number of hydrogen-bond donors (Lipinski definition) is 1. The molecule has 0 saturated carbocycles. The van der Waals surface area contributed by atoms with Crippen LogP contribution in [0.25, 0.3) is 10.8 Å². The van der Waals surface area contributed by atoms with Crippen molar-refractivity contribution in [3.63, 3.8) is 0 Å². The van der Waals surface area contributed by atoms with Crippen LogP contribution in [0.1, 0.15) is 17.4 Å². The Labute approximate surface area is 127 Å². The second-order valence-electron chi connectivity index (χ2n) is 5.36. The van der Waals surface area contributed by atoms with E-state index in [1.807, 2.05) is 30.3 Å². The number of aromatic nitrogens is 1. The molecular formula is C16H16N2O4. The second-order valence-corrected chi connectivity index (χ2v) is 5.36. The van der Waals surface area contributed by atoms with Crippen molar-refractivity contribution in [3.05, 3.63) is 42.2 Å². The summed E-state index contributed by atoms with van der Waals surface area (Å²) in [6.07, 6.45) is 0.269. The smallest absolute Gasteiger partial charge is 0.334 e. The first-order chi connectivity index (χ1) is 10.6. The maximum Gasteiger partial charge on any atom is 0.334 e. The molecular weight excluding hydrogens is 284 g/mol. The summed E-state index contributed by atoms with van der Waals surface area (Å²) in [7, 11) is 0. The van der Waals surface area contributed by atoms with Crippen LogP contribution in [-0.2, 0) is 9.53 Å². The van der Waals surface area contributed by atoms with E-state index in [-0.39, 0.29) is 18.6 Å². The van der Waals surface area contributed by atoms with Crippen LogP contribution in [0.15, 0.2) is 36.5 Å². The fourth-order valence-electron chi connectivity index (χ4n) is 2.69. The fourth-order valence-corrected chi connectivity index (χ4v) is 2.69. The summed E-state index contributed by atoms with van der Waals surface area (Å²) < 4.78 is 5.34. The summed E-state index contributed by atoms with van der Waals surface area (Å²) >= 11 is 0. The van der Waals surface area contributed by atoms with Gasteiger partial charge in [0.25, 0.3) is 5.91 Å². The standard InChI is InChI=1S/C16H16N2O4/c1-10-8-18(9-13(22-10)16(20)21)15(19)14-12-5-3-2-4-11(12)6-7-17-14/h2-7,10,13H,8-9H2,1H3,(H,20,21)/t10-,13?/m1/s1. The highest BCUT2D eigenvalue weighted by atomic mass is 16.5. The van der Waals surface area contributed by atoms with E-state index in [0.29, 0.717) is 12.2 Å². The molecule has 3 rings (SSSR count). The number of amides is 1. The lowest BCUT2D eigenvalue weighted by atomic mass is 10.1. The van der Waals surface area contributed by atoms with E-state index >= 15 is 0 Å². The number of pyridine rings is 1. The van der Waals surface area contributed by atoms with Crippen molar-refractivity contribution in [2.24, 2.45) is 0 Å². The average molecular weight is 300 g/mol. The first kappa shape index (κ1) is 14.5. The second kappa shape index (κ2) is 5.73. The maximum absolute atomic E-state index is 12.7. The van der Waals surface area contributed by atoms with Crippen LogP contribution in [0.2, 0.25) is 0 Å². The van der Waals surface area contributed by atoms with Gasteiger partial charge >= 0.3 is 5.97 Å². The van der Waals surface area contributed by atoms with Gasteiger partial charge in [-0.25, -0.2) is 4.79 Å². The van der Waals surface area contributed by atoms with Crippen molar-refractivity contribution >= 4 is 22.6 Å². The number of morpholine rings is 1. The Kier molecular flexibility index (Phi) is 3.77. The molecule has 0 aliphatic carbocycles. The first-order valence-corrected chi connectivity index (χ1v) is 7.07. The molecule has 1 aliphatic heterocycles. The SMILES string of the molecule is C[C@@H]1CN(C(=O)c2nccc3ccccc23)CC(C(=O)O)O1. The van der Waals surface area contributed by atoms with Crippen molar-refractivity contribution in [2.45, 2.75) is 19.1 Å². The number of carboxylic acids is 1. The highest BCUT2D eigenvalue weighted by Crippen LogP contribution is 2.20. The Morgan fingerprint density at radius 2 is 2.05 bits per heavy atom. The van der Waals surface area contributed by atoms with E-state index < -0.39 is 12.1 Å². The number of aliphatic carboxylic acids is 1. The summed E-state index contributed by atoms with van der Waals surface area (Å²) in [5.41, 5.74) is 0.344. The van der Waals surface area contributed by atoms with Crippen molar-refractivity contribution < 1.29 is 19.4 Å². The zero-order valence-corrected chi connectivity index (χ0v) is 12.1. The van der Waals surface area contributed by atoms with E-state index in [1.165, 1.54) is 4.90 Å². The predicted octanol–water partition coefficient (Wildman–Crippen LogP) is 1.55. The topological polar surface area (TPSA) is 79.7 Å². The first-order valence-electron chi connectivity index (χ1n) is 7.07. The van der Waals surface area contributed by atoms with Crippen molar-refractivity contribution in [3.8, 4) is 0 Å². The van der Waals surface area contributed by atoms with E-state index in [9.17, 15) is 9.59 Å². The minimum Gasteiger partial charge on any atom is -0.479 e. The van der Waals surface area contributed by atoms with Gasteiger partial charge in [0.15, 0.2) is 6.10 Å². The Morgan fingerprint density at radius 1 is 1.27 bits per heavy atom. The van der Waals surface area contributed by atoms with Gasteiger partial charge in [-0.2, -0.15) is 0 Å². The minimum atomic E-state index is -1.06. The molecule has 1 unspecified atom stereocenters. The summed E-state index contributed by atoms with van der Waals surface area (Å²) in [5.74, 6) is -1.33. The molecule has 6 heteroatoms. The van der Waals surface area contributed by atoms with Crippen molar-refractivity contribution in [2.75, 3.05) is 13.1 Å². The number of fused-ring (bicyclic) bond motifs is 1. The molecule has 0 radical (unpaired) electrons. The van der Waals surface area contributed by atoms with E-state index in [1.54, 1.807) is 13.1 Å². The highest BCUT2D eigenvalue weighted by Gasteiger charge is 2.33. The number of rotatable bonds is 2. The minimum absolute atomic E-state index is 0.0312. The van der Waals surface area contributed by atoms with Gasteiger partial charge in [0, 0.05) is 18.1 Å². The van der Waals surface area contributed by atoms with Crippen LogP contribution in [0, 0.1) is 0 Å². The molecule has 1 N–H and O–H groups in total. The average Bonchev–Trinajstić information content (AvgIpc) is 2.53. The molecule has 1 amide bonds. The molecule has 1 fully saturated rings. The molecule has 2 heterocycles. The van der Waals surface area contributed by atoms with Crippen LogP contribution in [0.4, 0.5) is 0 Å². The molecule has 0 bridgehead atoms. The van der Waals surface area contributed by atoms with Crippen LogP contribution in [-0.4, -0.2) is 52.2 Å². The molecule has 2 aromatic rings. The van der Waals surface area contributed by atoms with E-state index in [4.69, 9.17) is 9.84 Å². The van der Waals surface area contributed by atoms with Gasteiger partial charge in [-0.1, -0.05) is 24.3 Å². The summed E-state index contributed by atoms with van der Waals surface area (Å²) in [4.78, 5) is 29.6. The molecule has 2 atom stereocenters. The number of benzene rings is 1. The lowest BCUT2D eigenvalue weighted by Gasteiger charge is -2.34. The Hall–Kier alpha value is -2.47. The van der Waals surface area contributed by atoms with Gasteiger partial charge in [0.1, 0.15) is 5.69 Å². The Bertz CT molecular complexity index is 726. The number of carboxylic acid groups (broad SMARTS) is 1. The molecule has 0 spiro atoms. The molecule has 1 aromatic carbocycles. The normalized spacial score (nSPS) is 21.8. The number of ether oxygens (including phenoxy) is 1. The summed E-state index contributed by atoms with van der Waals surface area (Å²) in [5, 5.41) is 10.8. The Morgan fingerprint density at radius 3 is 2.82 bits per heavy atom. The lowest BCUT2D eigenvalue weighted by Crippen LogP contribution is -2.51. The number of carbonyl (C=O) groups is 2. The van der Waals surface area contributed by atoms with Gasteiger partial charge in [-0.3, -0.25) is 9.78 Å². The van der Waals surface area contributed by atoms with Gasteiger partial charge in [-0.15, -0.1) is 0 Å². The zero-order valence-electron chi connectivity index (χ0n) is 12.1. The van der Waals surface area contributed by atoms with Gasteiger partial charge in [0.05, 0.1) is 12.6 Å². The monoisotopic (exact) mass is 300 g/mol. The van der Waals surface area contributed by atoms with E-state index in [0.717, 1.165) is 10.8 Å². The summed E-state index contributed by atoms with van der Waals surface area (Å²) in [6, 6.07) is 9.34. The zero-order chi connectivity index (χ0) is 15.7. The van der Waals surface area contributed by atoms with Crippen LogP contribution < -0.4 is 0 Å². The van der Waals surface area contributed by atoms with Crippen LogP contribution in [0.3, 0.4) is 0 Å². The molecule has 1 saturated heterocycles. The van der Waals surface area contributed by atoms with Crippen molar-refractivity contribution in [1.82, 2.24) is 9.88 Å². The molecule has 6 nitrogen and oxygen atoms in total. The third kappa shape index (κ3) is 2.65. The lowest BCUT2D eigenvalue weighted by molar-refractivity contribution is -0.160. The number of hydrogen-bond acceptors (Lipinski definition) is 4. The largest absolute Gasteiger partial charge is 0.479 e. The van der Waals surface area contributed by atoms with Crippen LogP contribution >= 0.6 is 0 Å². The third-order valence-electron chi connectivity index (χ3n) is 3.70. The van der Waals surface area contributed by atoms with Gasteiger partial charge in [-0.05, 0) is 18.4 Å². The van der Waals surface area contributed by atoms with E-state index in [2.05, 4.69) is 4.98 Å². The quantitative estimate of drug-likeness (QED) is 0.910. The fraction of sp³-hybridized carbons (Fsp3) is 0.312. The Balaban J connectivity index is 1.93. The van der Waals surface area contributed by atoms with Crippen molar-refractivity contribution in [1.29, 1.82) is 0 Å². The predicted molar refractivity (Wildman–Crippen MR) is 79.6 cm³/mol. The number of nitrogens with zero attached hydrogens (tertiary/aromatic N) is 2. The highest BCUT2D eigenvalue weighted by molar-refractivity contribution is 6.05.